The lowest BCUT2D eigenvalue weighted by Crippen LogP contribution is -2.25. The molecule has 0 fully saturated rings. The second kappa shape index (κ2) is 3.52. The van der Waals surface area contributed by atoms with Crippen molar-refractivity contribution in [2.75, 3.05) is 0 Å². The van der Waals surface area contributed by atoms with E-state index in [4.69, 9.17) is 14.6 Å². The number of fused-ring (bicyclic) bond motifs is 1. The van der Waals surface area contributed by atoms with Crippen LogP contribution in [0.3, 0.4) is 0 Å². The Morgan fingerprint density at radius 3 is 2.93 bits per heavy atom. The van der Waals surface area contributed by atoms with Crippen LogP contribution in [0.25, 0.3) is 11.0 Å². The molecule has 0 bridgehead atoms. The lowest BCUT2D eigenvalue weighted by molar-refractivity contribution is -0.0518. The molecule has 0 aliphatic heterocycles. The average Bonchev–Trinajstić information content (AvgIpc) is 2.51. The number of nitrogens with zero attached hydrogens (tertiary/aromatic N) is 1. The van der Waals surface area contributed by atoms with Gasteiger partial charge in [-0.15, -0.1) is 0 Å². The van der Waals surface area contributed by atoms with Crippen LogP contribution < -0.4 is 5.56 Å². The molecule has 0 aromatic carbocycles. The highest BCUT2D eigenvalue weighted by molar-refractivity contribution is 5.76. The van der Waals surface area contributed by atoms with Crippen LogP contribution in [-0.2, 0) is 6.54 Å². The zero-order chi connectivity index (χ0) is 11.0. The van der Waals surface area contributed by atoms with Gasteiger partial charge in [-0.3, -0.25) is 4.79 Å². The van der Waals surface area contributed by atoms with Gasteiger partial charge in [-0.25, -0.2) is 0 Å². The molecule has 0 unspecified atom stereocenters. The molecule has 0 aliphatic rings. The Morgan fingerprint density at radius 1 is 1.53 bits per heavy atom. The molecule has 2 heterocycles. The minimum absolute atomic E-state index is 0.140. The van der Waals surface area contributed by atoms with E-state index in [-0.39, 0.29) is 12.1 Å². The van der Waals surface area contributed by atoms with Crippen molar-refractivity contribution in [3.8, 4) is 0 Å². The van der Waals surface area contributed by atoms with Gasteiger partial charge in [-0.1, -0.05) is 0 Å². The summed E-state index contributed by atoms with van der Waals surface area (Å²) in [6, 6.07) is 3.27. The Labute approximate surface area is 85.2 Å². The minimum Gasteiger partial charge on any atom is -0.461 e. The first-order chi connectivity index (χ1) is 7.08. The Balaban J connectivity index is 2.59. The lowest BCUT2D eigenvalue weighted by Gasteiger charge is -2.06. The second-order valence-electron chi connectivity index (χ2n) is 3.39. The molecule has 5 nitrogen and oxygen atoms in total. The summed E-state index contributed by atoms with van der Waals surface area (Å²) in [5.41, 5.74) is 0.235. The Bertz CT molecular complexity index is 538. The molecule has 15 heavy (non-hydrogen) atoms. The van der Waals surface area contributed by atoms with Gasteiger partial charge in [-0.05, 0) is 19.1 Å². The van der Waals surface area contributed by atoms with E-state index in [1.54, 1.807) is 19.1 Å². The SMILES string of the molecule is Cc1cc2c(=O)n(CC(O)O)ccc2o1. The number of hydrogen-bond acceptors (Lipinski definition) is 4. The Hall–Kier alpha value is -1.59. The fraction of sp³-hybridized carbons (Fsp3) is 0.300. The number of furan rings is 1. The highest BCUT2D eigenvalue weighted by Gasteiger charge is 2.08. The van der Waals surface area contributed by atoms with Gasteiger partial charge in [0.15, 0.2) is 6.29 Å². The van der Waals surface area contributed by atoms with E-state index in [1.165, 1.54) is 10.8 Å². The van der Waals surface area contributed by atoms with Crippen LogP contribution in [0.5, 0.6) is 0 Å². The van der Waals surface area contributed by atoms with Crippen molar-refractivity contribution in [2.24, 2.45) is 0 Å². The third-order valence-electron chi connectivity index (χ3n) is 2.14. The molecule has 80 valence electrons. The highest BCUT2D eigenvalue weighted by Crippen LogP contribution is 2.14. The Kier molecular flexibility index (Phi) is 2.34. The van der Waals surface area contributed by atoms with Gasteiger partial charge in [0, 0.05) is 6.20 Å². The molecule has 2 aromatic rings. The summed E-state index contributed by atoms with van der Waals surface area (Å²) in [5, 5.41) is 18.0. The molecule has 2 aromatic heterocycles. The zero-order valence-corrected chi connectivity index (χ0v) is 8.17. The van der Waals surface area contributed by atoms with E-state index in [1.807, 2.05) is 0 Å². The number of pyridine rings is 1. The third kappa shape index (κ3) is 1.79. The maximum atomic E-state index is 11.8. The summed E-state index contributed by atoms with van der Waals surface area (Å²) >= 11 is 0. The quantitative estimate of drug-likeness (QED) is 0.693. The number of aliphatic hydroxyl groups is 2. The number of rotatable bonds is 2. The van der Waals surface area contributed by atoms with Crippen LogP contribution in [0, 0.1) is 6.92 Å². The molecule has 0 aliphatic carbocycles. The fourth-order valence-corrected chi connectivity index (χ4v) is 1.52. The Morgan fingerprint density at radius 2 is 2.27 bits per heavy atom. The van der Waals surface area contributed by atoms with Gasteiger partial charge in [0.2, 0.25) is 0 Å². The van der Waals surface area contributed by atoms with E-state index >= 15 is 0 Å². The van der Waals surface area contributed by atoms with Gasteiger partial charge in [0.25, 0.3) is 5.56 Å². The largest absolute Gasteiger partial charge is 0.461 e. The first-order valence-electron chi connectivity index (χ1n) is 4.53. The van der Waals surface area contributed by atoms with Crippen LogP contribution in [-0.4, -0.2) is 21.1 Å². The molecule has 0 amide bonds. The smallest absolute Gasteiger partial charge is 0.261 e. The number of aliphatic hydroxyl groups excluding tert-OH is 1. The fourth-order valence-electron chi connectivity index (χ4n) is 1.52. The highest BCUT2D eigenvalue weighted by atomic mass is 16.5. The first kappa shape index (κ1) is 9.95. The number of aryl methyl sites for hydroxylation is 1. The van der Waals surface area contributed by atoms with Gasteiger partial charge < -0.3 is 19.2 Å². The van der Waals surface area contributed by atoms with Crippen molar-refractivity contribution in [1.82, 2.24) is 4.57 Å². The first-order valence-corrected chi connectivity index (χ1v) is 4.53. The van der Waals surface area contributed by atoms with Crippen molar-refractivity contribution in [1.29, 1.82) is 0 Å². The van der Waals surface area contributed by atoms with Crippen molar-refractivity contribution in [3.63, 3.8) is 0 Å². The molecule has 2 rings (SSSR count). The van der Waals surface area contributed by atoms with Crippen molar-refractivity contribution in [2.45, 2.75) is 19.8 Å². The molecule has 5 heteroatoms. The maximum Gasteiger partial charge on any atom is 0.261 e. The number of aromatic nitrogens is 1. The van der Waals surface area contributed by atoms with E-state index in [2.05, 4.69) is 0 Å². The molecule has 0 atom stereocenters. The summed E-state index contributed by atoms with van der Waals surface area (Å²) in [4.78, 5) is 11.8. The average molecular weight is 209 g/mol. The van der Waals surface area contributed by atoms with Crippen LogP contribution in [0.1, 0.15) is 5.76 Å². The van der Waals surface area contributed by atoms with Gasteiger partial charge in [-0.2, -0.15) is 0 Å². The monoisotopic (exact) mass is 209 g/mol. The predicted octanol–water partition coefficient (Wildman–Crippen LogP) is 0.214. The standard InChI is InChI=1S/C10H11NO4/c1-6-4-7-8(15-6)2-3-11(10(7)14)5-9(12)13/h2-4,9,12-13H,5H2,1H3. The third-order valence-corrected chi connectivity index (χ3v) is 2.14. The zero-order valence-electron chi connectivity index (χ0n) is 8.17. The second-order valence-corrected chi connectivity index (χ2v) is 3.39. The van der Waals surface area contributed by atoms with Gasteiger partial charge >= 0.3 is 0 Å². The molecule has 0 saturated carbocycles. The molecule has 2 N–H and O–H groups in total. The summed E-state index contributed by atoms with van der Waals surface area (Å²) in [6.45, 7) is 1.61. The molecule has 0 saturated heterocycles. The summed E-state index contributed by atoms with van der Waals surface area (Å²) in [7, 11) is 0. The van der Waals surface area contributed by atoms with Crippen molar-refractivity contribution < 1.29 is 14.6 Å². The lowest BCUT2D eigenvalue weighted by atomic mass is 10.3. The maximum absolute atomic E-state index is 11.8. The van der Waals surface area contributed by atoms with E-state index in [9.17, 15) is 4.79 Å². The van der Waals surface area contributed by atoms with Crippen molar-refractivity contribution >= 4 is 11.0 Å². The molecular formula is C10H11NO4. The van der Waals surface area contributed by atoms with E-state index in [0.29, 0.717) is 16.7 Å². The van der Waals surface area contributed by atoms with Gasteiger partial charge in [0.1, 0.15) is 11.3 Å². The van der Waals surface area contributed by atoms with Crippen molar-refractivity contribution in [3.05, 3.63) is 34.4 Å². The topological polar surface area (TPSA) is 75.6 Å². The normalized spacial score (nSPS) is 11.5. The summed E-state index contributed by atoms with van der Waals surface area (Å²) in [5.74, 6) is 0.657. The van der Waals surface area contributed by atoms with Crippen LogP contribution in [0.4, 0.5) is 0 Å². The predicted molar refractivity (Wildman–Crippen MR) is 53.4 cm³/mol. The van der Waals surface area contributed by atoms with Crippen LogP contribution in [0.15, 0.2) is 27.5 Å². The molecule has 0 radical (unpaired) electrons. The van der Waals surface area contributed by atoms with E-state index < -0.39 is 6.29 Å². The molecular weight excluding hydrogens is 198 g/mol. The van der Waals surface area contributed by atoms with E-state index in [0.717, 1.165) is 0 Å². The van der Waals surface area contributed by atoms with Crippen LogP contribution >= 0.6 is 0 Å². The summed E-state index contributed by atoms with van der Waals surface area (Å²) in [6.07, 6.45) is -0.0549. The number of hydrogen-bond donors (Lipinski definition) is 2. The van der Waals surface area contributed by atoms with Crippen LogP contribution in [0.2, 0.25) is 0 Å². The van der Waals surface area contributed by atoms with Gasteiger partial charge in [0.05, 0.1) is 11.9 Å². The molecule has 0 spiro atoms. The minimum atomic E-state index is -1.53. The summed E-state index contributed by atoms with van der Waals surface area (Å²) < 4.78 is 6.51.